The summed E-state index contributed by atoms with van der Waals surface area (Å²) in [5.74, 6) is 0.914. The molecule has 0 fully saturated rings. The highest BCUT2D eigenvalue weighted by Crippen LogP contribution is 2.32. The molecule has 1 N–H and O–H groups in total. The number of nitrogens with one attached hydrogen (secondary N) is 1. The second-order valence-electron chi connectivity index (χ2n) is 4.67. The van der Waals surface area contributed by atoms with Crippen LogP contribution in [0, 0.1) is 13.8 Å². The van der Waals surface area contributed by atoms with Crippen molar-refractivity contribution >= 4 is 43.3 Å². The van der Waals surface area contributed by atoms with Gasteiger partial charge in [0.05, 0.1) is 5.39 Å². The van der Waals surface area contributed by atoms with Crippen molar-refractivity contribution in [3.05, 3.63) is 51.1 Å². The fourth-order valence-electron chi connectivity index (χ4n) is 2.15. The normalized spacial score (nSPS) is 10.9. The van der Waals surface area contributed by atoms with Crippen LogP contribution < -0.4 is 5.32 Å². The summed E-state index contributed by atoms with van der Waals surface area (Å²) in [5, 5.41) is 4.56. The van der Waals surface area contributed by atoms with Crippen LogP contribution >= 0.6 is 27.3 Å². The van der Waals surface area contributed by atoms with E-state index >= 15 is 0 Å². The summed E-state index contributed by atoms with van der Waals surface area (Å²) in [6, 6.07) is 8.27. The van der Waals surface area contributed by atoms with E-state index in [2.05, 4.69) is 57.2 Å². The van der Waals surface area contributed by atoms with Crippen LogP contribution in [0.5, 0.6) is 0 Å². The number of hydrogen-bond acceptors (Lipinski definition) is 4. The molecule has 3 nitrogen and oxygen atoms in total. The molecular formula is C15H14BrN3S. The van der Waals surface area contributed by atoms with Crippen LogP contribution in [0.4, 0.5) is 5.82 Å². The summed E-state index contributed by atoms with van der Waals surface area (Å²) in [7, 11) is 0. The van der Waals surface area contributed by atoms with Crippen molar-refractivity contribution in [2.45, 2.75) is 20.4 Å². The summed E-state index contributed by atoms with van der Waals surface area (Å²) >= 11 is 5.21. The van der Waals surface area contributed by atoms with Gasteiger partial charge in [0.1, 0.15) is 17.0 Å². The van der Waals surface area contributed by atoms with Crippen LogP contribution in [0.2, 0.25) is 0 Å². The molecule has 2 aromatic heterocycles. The minimum Gasteiger partial charge on any atom is -0.365 e. The molecule has 0 aliphatic heterocycles. The van der Waals surface area contributed by atoms with E-state index in [0.717, 1.165) is 27.1 Å². The lowest BCUT2D eigenvalue weighted by Gasteiger charge is -2.07. The van der Waals surface area contributed by atoms with Crippen LogP contribution in [0.15, 0.2) is 35.1 Å². The van der Waals surface area contributed by atoms with E-state index in [-0.39, 0.29) is 0 Å². The number of benzene rings is 1. The van der Waals surface area contributed by atoms with Gasteiger partial charge in [-0.3, -0.25) is 0 Å². The number of nitrogens with zero attached hydrogens (tertiary/aromatic N) is 2. The molecule has 0 unspecified atom stereocenters. The maximum absolute atomic E-state index is 4.39. The van der Waals surface area contributed by atoms with Crippen LogP contribution in [-0.2, 0) is 6.54 Å². The van der Waals surface area contributed by atoms with Crippen LogP contribution in [0.1, 0.15) is 16.0 Å². The van der Waals surface area contributed by atoms with Crippen molar-refractivity contribution in [3.8, 4) is 0 Å². The Morgan fingerprint density at radius 2 is 2.10 bits per heavy atom. The Hall–Kier alpha value is -1.46. The number of aryl methyl sites for hydroxylation is 2. The molecule has 1 aromatic carbocycles. The Labute approximate surface area is 130 Å². The summed E-state index contributed by atoms with van der Waals surface area (Å²) in [6.07, 6.45) is 1.63. The predicted octanol–water partition coefficient (Wildman–Crippen LogP) is 4.68. The molecule has 20 heavy (non-hydrogen) atoms. The summed E-state index contributed by atoms with van der Waals surface area (Å²) < 4.78 is 1.09. The van der Waals surface area contributed by atoms with Crippen molar-refractivity contribution < 1.29 is 0 Å². The molecule has 3 rings (SSSR count). The smallest absolute Gasteiger partial charge is 0.138 e. The van der Waals surface area contributed by atoms with Crippen molar-refractivity contribution in [1.82, 2.24) is 9.97 Å². The van der Waals surface area contributed by atoms with Crippen LogP contribution in [0.25, 0.3) is 10.2 Å². The van der Waals surface area contributed by atoms with Gasteiger partial charge >= 0.3 is 0 Å². The molecule has 5 heteroatoms. The van der Waals surface area contributed by atoms with E-state index in [0.29, 0.717) is 0 Å². The number of thiophene rings is 1. The molecule has 3 aromatic rings. The number of fused-ring (bicyclic) bond motifs is 1. The third-order valence-electron chi connectivity index (χ3n) is 3.31. The number of rotatable bonds is 3. The van der Waals surface area contributed by atoms with Crippen LogP contribution in [-0.4, -0.2) is 9.97 Å². The van der Waals surface area contributed by atoms with Crippen molar-refractivity contribution in [2.75, 3.05) is 5.32 Å². The first-order chi connectivity index (χ1) is 9.65. The minimum absolute atomic E-state index is 0.750. The zero-order valence-corrected chi connectivity index (χ0v) is 13.7. The molecule has 0 radical (unpaired) electrons. The summed E-state index contributed by atoms with van der Waals surface area (Å²) in [5.41, 5.74) is 2.48. The van der Waals surface area contributed by atoms with E-state index in [9.17, 15) is 0 Å². The Morgan fingerprint density at radius 3 is 2.90 bits per heavy atom. The highest BCUT2D eigenvalue weighted by atomic mass is 79.9. The number of hydrogen-bond donors (Lipinski definition) is 1. The molecule has 0 spiro atoms. The fraction of sp³-hybridized carbons (Fsp3) is 0.200. The third-order valence-corrected chi connectivity index (χ3v) is 4.92. The van der Waals surface area contributed by atoms with E-state index in [1.54, 1.807) is 17.7 Å². The first kappa shape index (κ1) is 13.5. The van der Waals surface area contributed by atoms with Gasteiger partial charge in [0.15, 0.2) is 0 Å². The number of halogens is 1. The van der Waals surface area contributed by atoms with Gasteiger partial charge in [-0.15, -0.1) is 11.3 Å². The molecule has 0 saturated heterocycles. The van der Waals surface area contributed by atoms with E-state index < -0.39 is 0 Å². The molecular weight excluding hydrogens is 334 g/mol. The zero-order chi connectivity index (χ0) is 14.1. The summed E-state index contributed by atoms with van der Waals surface area (Å²) in [4.78, 5) is 11.1. The third kappa shape index (κ3) is 2.55. The Balaban J connectivity index is 1.91. The Kier molecular flexibility index (Phi) is 3.72. The second-order valence-corrected chi connectivity index (χ2v) is 6.79. The molecule has 102 valence electrons. The quantitative estimate of drug-likeness (QED) is 0.747. The zero-order valence-electron chi connectivity index (χ0n) is 11.3. The predicted molar refractivity (Wildman–Crippen MR) is 88.4 cm³/mol. The lowest BCUT2D eigenvalue weighted by Crippen LogP contribution is -2.02. The maximum atomic E-state index is 4.39. The molecule has 0 aliphatic rings. The lowest BCUT2D eigenvalue weighted by atomic mass is 10.2. The summed E-state index contributed by atoms with van der Waals surface area (Å²) in [6.45, 7) is 5.00. The van der Waals surface area contributed by atoms with Crippen molar-refractivity contribution in [1.29, 1.82) is 0 Å². The minimum atomic E-state index is 0.750. The first-order valence-corrected chi connectivity index (χ1v) is 7.95. The standard InChI is InChI=1S/C15H14BrN3S/c1-9-10(2)20-15-13(9)14(18-8-19-15)17-7-11-4-3-5-12(16)6-11/h3-6,8H,7H2,1-2H3,(H,17,18,19). The monoisotopic (exact) mass is 347 g/mol. The lowest BCUT2D eigenvalue weighted by molar-refractivity contribution is 1.10. The molecule has 0 bridgehead atoms. The van der Waals surface area contributed by atoms with E-state index in [1.807, 2.05) is 12.1 Å². The van der Waals surface area contributed by atoms with Crippen LogP contribution in [0.3, 0.4) is 0 Å². The van der Waals surface area contributed by atoms with Gasteiger partial charge in [0.25, 0.3) is 0 Å². The number of anilines is 1. The van der Waals surface area contributed by atoms with Gasteiger partial charge < -0.3 is 5.32 Å². The molecule has 0 aliphatic carbocycles. The average molecular weight is 348 g/mol. The van der Waals surface area contributed by atoms with Crippen molar-refractivity contribution in [2.24, 2.45) is 0 Å². The Bertz CT molecular complexity index is 767. The fourth-order valence-corrected chi connectivity index (χ4v) is 3.59. The van der Waals surface area contributed by atoms with E-state index in [4.69, 9.17) is 0 Å². The maximum Gasteiger partial charge on any atom is 0.138 e. The molecule has 0 amide bonds. The second kappa shape index (κ2) is 5.50. The van der Waals surface area contributed by atoms with E-state index in [1.165, 1.54) is 16.0 Å². The SMILES string of the molecule is Cc1sc2ncnc(NCc3cccc(Br)c3)c2c1C. The molecule has 2 heterocycles. The van der Waals surface area contributed by atoms with Gasteiger partial charge in [0, 0.05) is 15.9 Å². The highest BCUT2D eigenvalue weighted by molar-refractivity contribution is 9.10. The average Bonchev–Trinajstić information content (AvgIpc) is 2.73. The van der Waals surface area contributed by atoms with Crippen molar-refractivity contribution in [3.63, 3.8) is 0 Å². The highest BCUT2D eigenvalue weighted by Gasteiger charge is 2.11. The van der Waals surface area contributed by atoms with Gasteiger partial charge in [-0.05, 0) is 37.1 Å². The molecule has 0 atom stereocenters. The van der Waals surface area contributed by atoms with Gasteiger partial charge in [0.2, 0.25) is 0 Å². The number of aromatic nitrogens is 2. The van der Waals surface area contributed by atoms with Gasteiger partial charge in [-0.2, -0.15) is 0 Å². The Morgan fingerprint density at radius 1 is 1.25 bits per heavy atom. The molecule has 0 saturated carbocycles. The topological polar surface area (TPSA) is 37.8 Å². The largest absolute Gasteiger partial charge is 0.365 e. The van der Waals surface area contributed by atoms with Gasteiger partial charge in [-0.25, -0.2) is 9.97 Å². The first-order valence-electron chi connectivity index (χ1n) is 6.34. The van der Waals surface area contributed by atoms with Gasteiger partial charge in [-0.1, -0.05) is 28.1 Å².